The molecule has 0 aromatic heterocycles. The van der Waals surface area contributed by atoms with Gasteiger partial charge in [-0.05, 0) is 0 Å². The zero-order valence-corrected chi connectivity index (χ0v) is 18.6. The van der Waals surface area contributed by atoms with Crippen LogP contribution < -0.4 is 15.9 Å². The molecule has 0 saturated heterocycles. The number of rotatable bonds is 7. The molecule has 3 rings (SSSR count). The second-order valence-corrected chi connectivity index (χ2v) is 12.5. The second-order valence-electron chi connectivity index (χ2n) is 8.44. The van der Waals surface area contributed by atoms with Crippen molar-refractivity contribution in [3.63, 3.8) is 0 Å². The molecule has 0 unspecified atom stereocenters. The van der Waals surface area contributed by atoms with Gasteiger partial charge in [0.05, 0.1) is 0 Å². The Hall–Kier alpha value is -2.44. The third-order valence-electron chi connectivity index (χ3n) is 5.15. The second kappa shape index (κ2) is 9.37. The van der Waals surface area contributed by atoms with Crippen LogP contribution in [0.25, 0.3) is 0 Å². The van der Waals surface area contributed by atoms with Crippen LogP contribution in [-0.4, -0.2) is 17.7 Å². The number of carbonyl (C=O) groups excluding carboxylic acids is 1. The molecule has 0 amide bonds. The monoisotopic (exact) mass is 406 g/mol. The van der Waals surface area contributed by atoms with Gasteiger partial charge >= 0.3 is 175 Å². The van der Waals surface area contributed by atoms with Gasteiger partial charge in [0.1, 0.15) is 0 Å². The molecule has 3 heteroatoms. The van der Waals surface area contributed by atoms with Crippen molar-refractivity contribution < 1.29 is 9.53 Å². The molecule has 152 valence electrons. The third-order valence-corrected chi connectivity index (χ3v) is 10.2. The summed E-state index contributed by atoms with van der Waals surface area (Å²) in [5, 5.41) is 4.13. The average molecular weight is 407 g/mol. The van der Waals surface area contributed by atoms with Gasteiger partial charge in [-0.2, -0.15) is 0 Å². The first-order valence-corrected chi connectivity index (χ1v) is 12.5. The predicted octanol–water partition coefficient (Wildman–Crippen LogP) is 4.83. The fraction of sp³-hybridized carbons (Fsp3) is 0.269. The maximum absolute atomic E-state index is 12.3. The van der Waals surface area contributed by atoms with Gasteiger partial charge in [-0.1, -0.05) is 0 Å². The predicted molar refractivity (Wildman–Crippen MR) is 126 cm³/mol. The van der Waals surface area contributed by atoms with Crippen molar-refractivity contribution in [1.29, 1.82) is 0 Å². The van der Waals surface area contributed by atoms with Crippen molar-refractivity contribution in [1.82, 2.24) is 0 Å². The van der Waals surface area contributed by atoms with Crippen LogP contribution in [0.3, 0.4) is 0 Å². The number of esters is 1. The van der Waals surface area contributed by atoms with Gasteiger partial charge in [-0.15, -0.1) is 0 Å². The van der Waals surface area contributed by atoms with Crippen molar-refractivity contribution in [3.8, 4) is 0 Å². The molecule has 3 aromatic carbocycles. The summed E-state index contributed by atoms with van der Waals surface area (Å²) in [6.45, 7) is 5.76. The molecule has 0 heterocycles. The number of ether oxygens (including phenoxy) is 1. The zero-order valence-electron chi connectivity index (χ0n) is 17.6. The number of hydrogen-bond acceptors (Lipinski definition) is 2. The van der Waals surface area contributed by atoms with Gasteiger partial charge < -0.3 is 0 Å². The summed E-state index contributed by atoms with van der Waals surface area (Å²) in [7, 11) is -2.26. The fourth-order valence-corrected chi connectivity index (χ4v) is 8.85. The Morgan fingerprint density at radius 2 is 1.10 bits per heavy atom. The van der Waals surface area contributed by atoms with Crippen LogP contribution in [0.5, 0.6) is 0 Å². The molecule has 29 heavy (non-hydrogen) atoms. The first-order chi connectivity index (χ1) is 13.9. The van der Waals surface area contributed by atoms with E-state index in [0.29, 0.717) is 6.42 Å². The average Bonchev–Trinajstić information content (AvgIpc) is 2.72. The van der Waals surface area contributed by atoms with E-state index in [1.165, 1.54) is 15.9 Å². The van der Waals surface area contributed by atoms with Crippen LogP contribution in [0.1, 0.15) is 33.6 Å². The number of carbonyl (C=O) groups is 1. The standard InChI is InChI=1S/C26H31O2P/c1-26(2,3)28-25(27)20-13-21-29(22-14-7-4-8-15-22,23-16-9-5-10-17-23)24-18-11-6-12-19-24/h4-12,14-19,29H,13,20-21H2,1-3H3. The van der Waals surface area contributed by atoms with Crippen molar-refractivity contribution in [2.24, 2.45) is 0 Å². The van der Waals surface area contributed by atoms with Gasteiger partial charge in [-0.25, -0.2) is 0 Å². The van der Waals surface area contributed by atoms with Gasteiger partial charge in [0.2, 0.25) is 0 Å². The first-order valence-electron chi connectivity index (χ1n) is 10.3. The van der Waals surface area contributed by atoms with Crippen molar-refractivity contribution in [2.45, 2.75) is 39.2 Å². The van der Waals surface area contributed by atoms with Crippen molar-refractivity contribution in [2.75, 3.05) is 6.16 Å². The van der Waals surface area contributed by atoms with Crippen LogP contribution >= 0.6 is 7.26 Å². The molecular formula is C26H31O2P. The van der Waals surface area contributed by atoms with E-state index in [1.807, 2.05) is 20.8 Å². The van der Waals surface area contributed by atoms with E-state index in [4.69, 9.17) is 4.74 Å². The van der Waals surface area contributed by atoms with E-state index in [0.717, 1.165) is 12.6 Å². The van der Waals surface area contributed by atoms with Crippen molar-refractivity contribution >= 4 is 29.1 Å². The number of benzene rings is 3. The molecule has 0 fully saturated rings. The van der Waals surface area contributed by atoms with E-state index in [2.05, 4.69) is 91.0 Å². The summed E-state index contributed by atoms with van der Waals surface area (Å²) in [5.74, 6) is -0.116. The van der Waals surface area contributed by atoms with Crippen LogP contribution in [0.15, 0.2) is 91.0 Å². The van der Waals surface area contributed by atoms with Crippen LogP contribution in [0, 0.1) is 0 Å². The maximum atomic E-state index is 12.3. The van der Waals surface area contributed by atoms with Gasteiger partial charge in [0.25, 0.3) is 0 Å². The Bertz CT molecular complexity index is 803. The molecule has 3 aromatic rings. The quantitative estimate of drug-likeness (QED) is 0.415. The van der Waals surface area contributed by atoms with Crippen LogP contribution in [-0.2, 0) is 9.53 Å². The van der Waals surface area contributed by atoms with Crippen LogP contribution in [0.2, 0.25) is 0 Å². The molecule has 0 aliphatic heterocycles. The van der Waals surface area contributed by atoms with E-state index < -0.39 is 12.9 Å². The first kappa shape index (κ1) is 21.3. The Morgan fingerprint density at radius 1 is 0.724 bits per heavy atom. The molecule has 0 aliphatic rings. The van der Waals surface area contributed by atoms with Crippen molar-refractivity contribution in [3.05, 3.63) is 91.0 Å². The summed E-state index contributed by atoms with van der Waals surface area (Å²) >= 11 is 0. The zero-order chi connectivity index (χ0) is 20.7. The van der Waals surface area contributed by atoms with E-state index >= 15 is 0 Å². The van der Waals surface area contributed by atoms with E-state index in [9.17, 15) is 4.79 Å². The van der Waals surface area contributed by atoms with Gasteiger partial charge in [-0.3, -0.25) is 0 Å². The van der Waals surface area contributed by atoms with E-state index in [-0.39, 0.29) is 5.97 Å². The minimum absolute atomic E-state index is 0.116. The van der Waals surface area contributed by atoms with Crippen LogP contribution in [0.4, 0.5) is 0 Å². The Balaban J connectivity index is 2.00. The summed E-state index contributed by atoms with van der Waals surface area (Å²) in [6.07, 6.45) is 2.21. The molecule has 0 spiro atoms. The molecule has 0 radical (unpaired) electrons. The topological polar surface area (TPSA) is 26.3 Å². The molecule has 0 N–H and O–H groups in total. The third kappa shape index (κ3) is 5.34. The molecule has 0 saturated carbocycles. The molecule has 2 nitrogen and oxygen atoms in total. The SMILES string of the molecule is CC(C)(C)OC(=O)CCC[PH](c1ccccc1)(c1ccccc1)c1ccccc1. The summed E-state index contributed by atoms with van der Waals surface area (Å²) in [6, 6.07) is 32.4. The normalized spacial score (nSPS) is 12.4. The molecule has 0 bridgehead atoms. The summed E-state index contributed by atoms with van der Waals surface area (Å²) in [4.78, 5) is 12.3. The van der Waals surface area contributed by atoms with Gasteiger partial charge in [0.15, 0.2) is 0 Å². The Labute approximate surface area is 175 Å². The minimum atomic E-state index is -2.26. The molecule has 0 atom stereocenters. The number of hydrogen-bond donors (Lipinski definition) is 0. The summed E-state index contributed by atoms with van der Waals surface area (Å²) < 4.78 is 5.55. The molecule has 0 aliphatic carbocycles. The summed E-state index contributed by atoms with van der Waals surface area (Å²) in [5.41, 5.74) is -0.441. The van der Waals surface area contributed by atoms with Gasteiger partial charge in [0, 0.05) is 0 Å². The van der Waals surface area contributed by atoms with E-state index in [1.54, 1.807) is 0 Å². The Kier molecular flexibility index (Phi) is 6.87. The Morgan fingerprint density at radius 3 is 1.45 bits per heavy atom. The molecular weight excluding hydrogens is 375 g/mol. The fourth-order valence-electron chi connectivity index (χ4n) is 3.99.